The summed E-state index contributed by atoms with van der Waals surface area (Å²) in [5.41, 5.74) is 1.09. The highest BCUT2D eigenvalue weighted by Gasteiger charge is 1.88. The van der Waals surface area contributed by atoms with Gasteiger partial charge in [-0.2, -0.15) is 0 Å². The third-order valence-corrected chi connectivity index (χ3v) is 1.28. The second kappa shape index (κ2) is 3.61. The van der Waals surface area contributed by atoms with Crippen LogP contribution >= 0.6 is 0 Å². The lowest BCUT2D eigenvalue weighted by Crippen LogP contribution is -1.86. The molecule has 3 nitrogen and oxygen atoms in total. The van der Waals surface area contributed by atoms with Gasteiger partial charge in [0.05, 0.1) is 0 Å². The smallest absolute Gasteiger partial charge is 0.327 e. The molecule has 1 aromatic rings. The van der Waals surface area contributed by atoms with Gasteiger partial charge in [0.25, 0.3) is 0 Å². The lowest BCUT2D eigenvalue weighted by Gasteiger charge is -1.84. The van der Waals surface area contributed by atoms with Crippen LogP contribution in [0.15, 0.2) is 30.6 Å². The van der Waals surface area contributed by atoms with Crippen molar-refractivity contribution < 1.29 is 9.90 Å². The molecule has 0 aromatic carbocycles. The Labute approximate surface area is 64.4 Å². The molecule has 1 aromatic heterocycles. The molecule has 58 valence electrons. The van der Waals surface area contributed by atoms with E-state index < -0.39 is 5.97 Å². The summed E-state index contributed by atoms with van der Waals surface area (Å²) in [5, 5.41) is 8.25. The van der Waals surface area contributed by atoms with Crippen LogP contribution in [-0.2, 0) is 11.2 Å². The van der Waals surface area contributed by atoms with Crippen molar-refractivity contribution in [2.24, 2.45) is 0 Å². The number of carbonyl (C=O) groups is 1. The number of hydrogen-bond acceptors (Lipinski definition) is 1. The number of H-pyrrole nitrogens is 1. The number of aromatic amines is 1. The second-order valence-corrected chi connectivity index (χ2v) is 2.16. The zero-order chi connectivity index (χ0) is 8.10. The van der Waals surface area contributed by atoms with Crippen molar-refractivity contribution in [3.8, 4) is 0 Å². The van der Waals surface area contributed by atoms with Gasteiger partial charge in [-0.3, -0.25) is 0 Å². The van der Waals surface area contributed by atoms with Gasteiger partial charge in [0.15, 0.2) is 0 Å². The lowest BCUT2D eigenvalue weighted by atomic mass is 10.2. The van der Waals surface area contributed by atoms with Crippen molar-refractivity contribution in [1.29, 1.82) is 0 Å². The van der Waals surface area contributed by atoms with E-state index in [0.717, 1.165) is 11.6 Å². The molecule has 0 amide bonds. The molecule has 0 fully saturated rings. The van der Waals surface area contributed by atoms with Crippen LogP contribution in [0, 0.1) is 0 Å². The van der Waals surface area contributed by atoms with Gasteiger partial charge >= 0.3 is 5.97 Å². The Balaban J connectivity index is 2.40. The molecule has 2 N–H and O–H groups in total. The van der Waals surface area contributed by atoms with Crippen molar-refractivity contribution in [3.63, 3.8) is 0 Å². The number of nitrogens with one attached hydrogen (secondary N) is 1. The zero-order valence-electron chi connectivity index (χ0n) is 5.95. The van der Waals surface area contributed by atoms with Crippen LogP contribution in [0.2, 0.25) is 0 Å². The molecule has 0 aliphatic rings. The monoisotopic (exact) mass is 151 g/mol. The highest BCUT2D eigenvalue weighted by Crippen LogP contribution is 1.97. The Bertz CT molecular complexity index is 249. The van der Waals surface area contributed by atoms with E-state index in [1.165, 1.54) is 0 Å². The first-order valence-corrected chi connectivity index (χ1v) is 3.30. The fraction of sp³-hybridized carbons (Fsp3) is 0.125. The Kier molecular flexibility index (Phi) is 2.49. The van der Waals surface area contributed by atoms with E-state index in [1.807, 2.05) is 18.5 Å². The summed E-state index contributed by atoms with van der Waals surface area (Å²) >= 11 is 0. The Morgan fingerprint density at radius 3 is 3.09 bits per heavy atom. The van der Waals surface area contributed by atoms with E-state index in [-0.39, 0.29) is 0 Å². The minimum absolute atomic E-state index is 0.662. The van der Waals surface area contributed by atoms with Crippen molar-refractivity contribution in [2.45, 2.75) is 6.42 Å². The SMILES string of the molecule is O=C(O)/C=C/Cc1cc[nH]c1. The number of hydrogen-bond donors (Lipinski definition) is 2. The van der Waals surface area contributed by atoms with Crippen molar-refractivity contribution in [2.75, 3.05) is 0 Å². The molecule has 0 atom stereocenters. The number of allylic oxidation sites excluding steroid dienone is 1. The molecule has 11 heavy (non-hydrogen) atoms. The van der Waals surface area contributed by atoms with Crippen molar-refractivity contribution >= 4 is 5.97 Å². The van der Waals surface area contributed by atoms with Gasteiger partial charge in [-0.1, -0.05) is 6.08 Å². The van der Waals surface area contributed by atoms with Crippen LogP contribution in [0.4, 0.5) is 0 Å². The fourth-order valence-electron chi connectivity index (χ4n) is 0.781. The average molecular weight is 151 g/mol. The topological polar surface area (TPSA) is 53.1 Å². The summed E-state index contributed by atoms with van der Waals surface area (Å²) in [5.74, 6) is -0.902. The fourth-order valence-corrected chi connectivity index (χ4v) is 0.781. The standard InChI is InChI=1S/C8H9NO2/c10-8(11)3-1-2-7-4-5-9-6-7/h1,3-6,9H,2H2,(H,10,11)/b3-1+. The average Bonchev–Trinajstić information content (AvgIpc) is 2.39. The number of carboxylic acid groups (broad SMARTS) is 1. The number of aliphatic carboxylic acids is 1. The molecule has 0 saturated carbocycles. The summed E-state index contributed by atoms with van der Waals surface area (Å²) in [7, 11) is 0. The van der Waals surface area contributed by atoms with Crippen molar-refractivity contribution in [1.82, 2.24) is 4.98 Å². The zero-order valence-corrected chi connectivity index (χ0v) is 5.95. The third-order valence-electron chi connectivity index (χ3n) is 1.28. The van der Waals surface area contributed by atoms with Crippen LogP contribution in [0.1, 0.15) is 5.56 Å². The van der Waals surface area contributed by atoms with E-state index in [4.69, 9.17) is 5.11 Å². The molecule has 1 heterocycles. The van der Waals surface area contributed by atoms with Gasteiger partial charge in [-0.05, 0) is 18.1 Å². The van der Waals surface area contributed by atoms with Crippen LogP contribution in [-0.4, -0.2) is 16.1 Å². The first kappa shape index (κ1) is 7.60. The minimum Gasteiger partial charge on any atom is -0.478 e. The predicted octanol–water partition coefficient (Wildman–Crippen LogP) is 1.20. The van der Waals surface area contributed by atoms with E-state index in [2.05, 4.69) is 4.98 Å². The molecule has 0 aliphatic carbocycles. The highest BCUT2D eigenvalue weighted by atomic mass is 16.4. The minimum atomic E-state index is -0.902. The van der Waals surface area contributed by atoms with Crippen LogP contribution in [0.5, 0.6) is 0 Å². The van der Waals surface area contributed by atoms with Gasteiger partial charge in [-0.15, -0.1) is 0 Å². The van der Waals surface area contributed by atoms with Gasteiger partial charge in [0.2, 0.25) is 0 Å². The molecular formula is C8H9NO2. The normalized spacial score (nSPS) is 10.5. The molecular weight excluding hydrogens is 142 g/mol. The van der Waals surface area contributed by atoms with E-state index in [0.29, 0.717) is 6.42 Å². The van der Waals surface area contributed by atoms with Crippen molar-refractivity contribution in [3.05, 3.63) is 36.2 Å². The quantitative estimate of drug-likeness (QED) is 0.638. The first-order valence-electron chi connectivity index (χ1n) is 3.30. The Hall–Kier alpha value is -1.51. The number of carboxylic acids is 1. The van der Waals surface area contributed by atoms with Gasteiger partial charge in [-0.25, -0.2) is 4.79 Å². The molecule has 0 spiro atoms. The van der Waals surface area contributed by atoms with Crippen LogP contribution < -0.4 is 0 Å². The highest BCUT2D eigenvalue weighted by molar-refractivity contribution is 5.79. The first-order chi connectivity index (χ1) is 5.29. The largest absolute Gasteiger partial charge is 0.478 e. The number of rotatable bonds is 3. The molecule has 0 radical (unpaired) electrons. The number of aromatic nitrogens is 1. The van der Waals surface area contributed by atoms with Crippen LogP contribution in [0.3, 0.4) is 0 Å². The van der Waals surface area contributed by atoms with Crippen LogP contribution in [0.25, 0.3) is 0 Å². The maximum atomic E-state index is 10.0. The summed E-state index contributed by atoms with van der Waals surface area (Å²) < 4.78 is 0. The van der Waals surface area contributed by atoms with Gasteiger partial charge < -0.3 is 10.1 Å². The molecule has 0 aliphatic heterocycles. The maximum absolute atomic E-state index is 10.0. The maximum Gasteiger partial charge on any atom is 0.327 e. The molecule has 0 saturated heterocycles. The Morgan fingerprint density at radius 2 is 2.55 bits per heavy atom. The predicted molar refractivity (Wildman–Crippen MR) is 41.3 cm³/mol. The molecule has 0 bridgehead atoms. The summed E-state index contributed by atoms with van der Waals surface area (Å²) in [6.45, 7) is 0. The van der Waals surface area contributed by atoms with E-state index in [1.54, 1.807) is 6.08 Å². The molecule has 3 heteroatoms. The van der Waals surface area contributed by atoms with E-state index in [9.17, 15) is 4.79 Å². The van der Waals surface area contributed by atoms with E-state index >= 15 is 0 Å². The van der Waals surface area contributed by atoms with Gasteiger partial charge in [0, 0.05) is 18.5 Å². The second-order valence-electron chi connectivity index (χ2n) is 2.16. The van der Waals surface area contributed by atoms with Gasteiger partial charge in [0.1, 0.15) is 0 Å². The lowest BCUT2D eigenvalue weighted by molar-refractivity contribution is -0.131. The molecule has 0 unspecified atom stereocenters. The summed E-state index contributed by atoms with van der Waals surface area (Å²) in [4.78, 5) is 12.9. The summed E-state index contributed by atoms with van der Waals surface area (Å²) in [6.07, 6.45) is 7.07. The Morgan fingerprint density at radius 1 is 1.73 bits per heavy atom. The molecule has 1 rings (SSSR count). The summed E-state index contributed by atoms with van der Waals surface area (Å²) in [6, 6.07) is 1.91. The third kappa shape index (κ3) is 2.71.